The molecule has 88 valence electrons. The molecule has 0 spiro atoms. The minimum absolute atomic E-state index is 0.280. The normalized spacial score (nSPS) is 29.6. The van der Waals surface area contributed by atoms with E-state index < -0.39 is 0 Å². The van der Waals surface area contributed by atoms with Gasteiger partial charge in [-0.05, 0) is 25.2 Å². The van der Waals surface area contributed by atoms with Crippen LogP contribution in [0.4, 0.5) is 6.01 Å². The van der Waals surface area contributed by atoms with Crippen molar-refractivity contribution in [1.82, 2.24) is 10.2 Å². The van der Waals surface area contributed by atoms with E-state index in [2.05, 4.69) is 15.5 Å². The van der Waals surface area contributed by atoms with E-state index in [1.807, 2.05) is 0 Å². The number of nitrogens with zero attached hydrogens (tertiary/aromatic N) is 2. The molecule has 1 aromatic rings. The summed E-state index contributed by atoms with van der Waals surface area (Å²) in [5.74, 6) is 1.18. The van der Waals surface area contributed by atoms with Gasteiger partial charge in [0.05, 0.1) is 18.7 Å². The van der Waals surface area contributed by atoms with Crippen LogP contribution in [0.25, 0.3) is 0 Å². The van der Waals surface area contributed by atoms with Crippen molar-refractivity contribution in [3.63, 3.8) is 0 Å². The molecule has 3 rings (SSSR count). The maximum absolute atomic E-state index is 5.72. The van der Waals surface area contributed by atoms with Gasteiger partial charge in [-0.3, -0.25) is 0 Å². The summed E-state index contributed by atoms with van der Waals surface area (Å²) in [4.78, 5) is 0. The SMILES string of the molecule is NCc1nnc(NC2CCOC2C2CC2)o1. The summed E-state index contributed by atoms with van der Waals surface area (Å²) in [7, 11) is 0. The van der Waals surface area contributed by atoms with Gasteiger partial charge in [-0.15, -0.1) is 5.10 Å². The Morgan fingerprint density at radius 2 is 2.19 bits per heavy atom. The van der Waals surface area contributed by atoms with Crippen LogP contribution in [0.3, 0.4) is 0 Å². The Hall–Kier alpha value is -1.14. The molecule has 0 bridgehead atoms. The van der Waals surface area contributed by atoms with Crippen LogP contribution < -0.4 is 11.1 Å². The Bertz CT molecular complexity index is 363. The molecule has 1 aliphatic carbocycles. The third-order valence-electron chi connectivity index (χ3n) is 3.17. The Balaban J connectivity index is 1.64. The quantitative estimate of drug-likeness (QED) is 0.774. The Morgan fingerprint density at radius 1 is 1.31 bits per heavy atom. The van der Waals surface area contributed by atoms with E-state index in [0.29, 0.717) is 24.1 Å². The highest BCUT2D eigenvalue weighted by Crippen LogP contribution is 2.39. The molecule has 2 unspecified atom stereocenters. The first-order valence-electron chi connectivity index (χ1n) is 5.77. The minimum Gasteiger partial charge on any atom is -0.407 e. The molecule has 3 N–H and O–H groups in total. The van der Waals surface area contributed by atoms with E-state index in [1.54, 1.807) is 0 Å². The predicted molar refractivity (Wildman–Crippen MR) is 56.7 cm³/mol. The third kappa shape index (κ3) is 1.90. The van der Waals surface area contributed by atoms with Crippen molar-refractivity contribution >= 4 is 6.01 Å². The van der Waals surface area contributed by atoms with Gasteiger partial charge in [0, 0.05) is 6.61 Å². The van der Waals surface area contributed by atoms with Crippen molar-refractivity contribution in [1.29, 1.82) is 0 Å². The van der Waals surface area contributed by atoms with E-state index in [0.717, 1.165) is 18.9 Å². The number of nitrogens with one attached hydrogen (secondary N) is 1. The van der Waals surface area contributed by atoms with Crippen LogP contribution in [0.15, 0.2) is 4.42 Å². The van der Waals surface area contributed by atoms with E-state index in [9.17, 15) is 0 Å². The second kappa shape index (κ2) is 4.03. The maximum Gasteiger partial charge on any atom is 0.315 e. The number of rotatable bonds is 4. The van der Waals surface area contributed by atoms with Crippen molar-refractivity contribution in [2.75, 3.05) is 11.9 Å². The Morgan fingerprint density at radius 3 is 2.88 bits per heavy atom. The van der Waals surface area contributed by atoms with Gasteiger partial charge in [0.25, 0.3) is 0 Å². The molecule has 0 radical (unpaired) electrons. The molecule has 0 amide bonds. The molecule has 2 fully saturated rings. The molecule has 6 heteroatoms. The highest BCUT2D eigenvalue weighted by Gasteiger charge is 2.41. The monoisotopic (exact) mass is 224 g/mol. The lowest BCUT2D eigenvalue weighted by molar-refractivity contribution is 0.0895. The van der Waals surface area contributed by atoms with Gasteiger partial charge in [-0.1, -0.05) is 5.10 Å². The predicted octanol–water partition coefficient (Wildman–Crippen LogP) is 0.508. The minimum atomic E-state index is 0.280. The largest absolute Gasteiger partial charge is 0.407 e. The lowest BCUT2D eigenvalue weighted by Gasteiger charge is -2.17. The number of hydrogen-bond acceptors (Lipinski definition) is 6. The van der Waals surface area contributed by atoms with Gasteiger partial charge < -0.3 is 20.2 Å². The van der Waals surface area contributed by atoms with E-state index in [4.69, 9.17) is 14.9 Å². The first-order chi connectivity index (χ1) is 7.86. The highest BCUT2D eigenvalue weighted by atomic mass is 16.5. The Kier molecular flexibility index (Phi) is 2.53. The zero-order valence-electron chi connectivity index (χ0n) is 9.06. The molecule has 2 aliphatic rings. The van der Waals surface area contributed by atoms with Crippen molar-refractivity contribution in [2.24, 2.45) is 11.7 Å². The number of anilines is 1. The summed E-state index contributed by atoms with van der Waals surface area (Å²) in [5, 5.41) is 11.0. The average Bonchev–Trinajstić information content (AvgIpc) is 2.88. The molecule has 6 nitrogen and oxygen atoms in total. The van der Waals surface area contributed by atoms with Gasteiger partial charge in [0.1, 0.15) is 0 Å². The first kappa shape index (κ1) is 10.0. The van der Waals surface area contributed by atoms with E-state index >= 15 is 0 Å². The fourth-order valence-electron chi connectivity index (χ4n) is 2.21. The Labute approximate surface area is 93.5 Å². The van der Waals surface area contributed by atoms with Crippen molar-refractivity contribution in [2.45, 2.75) is 38.0 Å². The number of nitrogens with two attached hydrogens (primary N) is 1. The summed E-state index contributed by atoms with van der Waals surface area (Å²) in [6.45, 7) is 1.10. The summed E-state index contributed by atoms with van der Waals surface area (Å²) in [5.41, 5.74) is 5.41. The molecule has 2 atom stereocenters. The topological polar surface area (TPSA) is 86.2 Å². The van der Waals surface area contributed by atoms with Crippen LogP contribution >= 0.6 is 0 Å². The van der Waals surface area contributed by atoms with Crippen molar-refractivity contribution in [3.8, 4) is 0 Å². The molecule has 1 saturated heterocycles. The first-order valence-corrected chi connectivity index (χ1v) is 5.77. The van der Waals surface area contributed by atoms with Crippen molar-refractivity contribution < 1.29 is 9.15 Å². The van der Waals surface area contributed by atoms with Crippen LogP contribution in [0, 0.1) is 5.92 Å². The lowest BCUT2D eigenvalue weighted by Crippen LogP contribution is -2.31. The molecular formula is C10H16N4O2. The fraction of sp³-hybridized carbons (Fsp3) is 0.800. The van der Waals surface area contributed by atoms with Gasteiger partial charge in [0.2, 0.25) is 5.89 Å². The molecule has 1 aromatic heterocycles. The smallest absolute Gasteiger partial charge is 0.315 e. The van der Waals surface area contributed by atoms with Crippen LogP contribution in [0.1, 0.15) is 25.2 Å². The molecule has 1 aliphatic heterocycles. The van der Waals surface area contributed by atoms with Gasteiger partial charge in [-0.25, -0.2) is 0 Å². The summed E-state index contributed by atoms with van der Waals surface area (Å²) in [6.07, 6.45) is 3.87. The van der Waals surface area contributed by atoms with Gasteiger partial charge in [-0.2, -0.15) is 0 Å². The molecule has 2 heterocycles. The highest BCUT2D eigenvalue weighted by molar-refractivity contribution is 5.22. The zero-order chi connectivity index (χ0) is 11.0. The molecular weight excluding hydrogens is 208 g/mol. The fourth-order valence-corrected chi connectivity index (χ4v) is 2.21. The summed E-state index contributed by atoms with van der Waals surface area (Å²) < 4.78 is 11.0. The van der Waals surface area contributed by atoms with Gasteiger partial charge >= 0.3 is 6.01 Å². The maximum atomic E-state index is 5.72. The molecule has 16 heavy (non-hydrogen) atoms. The third-order valence-corrected chi connectivity index (χ3v) is 3.17. The van der Waals surface area contributed by atoms with Crippen LogP contribution in [-0.2, 0) is 11.3 Å². The number of ether oxygens (including phenoxy) is 1. The second-order valence-electron chi connectivity index (χ2n) is 4.42. The van der Waals surface area contributed by atoms with E-state index in [1.165, 1.54) is 12.8 Å². The van der Waals surface area contributed by atoms with Gasteiger partial charge in [0.15, 0.2) is 0 Å². The zero-order valence-corrected chi connectivity index (χ0v) is 9.06. The summed E-state index contributed by atoms with van der Waals surface area (Å²) in [6, 6.07) is 0.764. The number of hydrogen-bond donors (Lipinski definition) is 2. The van der Waals surface area contributed by atoms with Crippen molar-refractivity contribution in [3.05, 3.63) is 5.89 Å². The van der Waals surface area contributed by atoms with Crippen LogP contribution in [-0.4, -0.2) is 29.0 Å². The average molecular weight is 224 g/mol. The number of aromatic nitrogens is 2. The van der Waals surface area contributed by atoms with Crippen LogP contribution in [0.2, 0.25) is 0 Å². The summed E-state index contributed by atoms with van der Waals surface area (Å²) >= 11 is 0. The van der Waals surface area contributed by atoms with Crippen LogP contribution in [0.5, 0.6) is 0 Å². The lowest BCUT2D eigenvalue weighted by atomic mass is 10.1. The molecule has 1 saturated carbocycles. The molecule has 0 aromatic carbocycles. The van der Waals surface area contributed by atoms with E-state index in [-0.39, 0.29) is 6.54 Å². The second-order valence-corrected chi connectivity index (χ2v) is 4.42. The standard InChI is InChI=1S/C10H16N4O2/c11-5-8-13-14-10(16-8)12-7-3-4-15-9(7)6-1-2-6/h6-7,9H,1-5,11H2,(H,12,14).